The lowest BCUT2D eigenvalue weighted by molar-refractivity contribution is 0.527. The average Bonchev–Trinajstić information content (AvgIpc) is 2.61. The van der Waals surface area contributed by atoms with Crippen molar-refractivity contribution in [2.24, 2.45) is 7.05 Å². The molecule has 1 N–H and O–H groups in total. The van der Waals surface area contributed by atoms with E-state index in [1.54, 1.807) is 23.9 Å². The molecule has 0 aliphatic heterocycles. The predicted molar refractivity (Wildman–Crippen MR) is 74.6 cm³/mol. The Morgan fingerprint density at radius 2 is 2.11 bits per heavy atom. The number of aromatic nitrogens is 2. The first-order chi connectivity index (χ1) is 9.00. The van der Waals surface area contributed by atoms with Gasteiger partial charge < -0.3 is 5.32 Å². The molecule has 1 aromatic carbocycles. The molecule has 0 aliphatic rings. The Hall–Kier alpha value is -1.39. The third kappa shape index (κ3) is 2.96. The van der Waals surface area contributed by atoms with E-state index in [2.05, 4.69) is 10.4 Å². The zero-order valence-corrected chi connectivity index (χ0v) is 12.0. The molecule has 0 radical (unpaired) electrons. The SMILES string of the molecule is Cc1nn(C)c(Cl)c1CNC(C)c1ccccc1F. The lowest BCUT2D eigenvalue weighted by atomic mass is 10.1. The third-order valence-corrected chi connectivity index (χ3v) is 3.70. The standard InChI is InChI=1S/C14H17ClFN3/c1-9(11-6-4-5-7-13(11)16)17-8-12-10(2)18-19(3)14(12)15/h4-7,9,17H,8H2,1-3H3. The van der Waals surface area contributed by atoms with Crippen molar-refractivity contribution in [3.63, 3.8) is 0 Å². The summed E-state index contributed by atoms with van der Waals surface area (Å²) in [5.74, 6) is -0.198. The number of nitrogens with one attached hydrogen (secondary N) is 1. The molecule has 19 heavy (non-hydrogen) atoms. The van der Waals surface area contributed by atoms with Gasteiger partial charge in [0, 0.05) is 30.8 Å². The third-order valence-electron chi connectivity index (χ3n) is 3.23. The number of halogens is 2. The first-order valence-corrected chi connectivity index (χ1v) is 6.54. The molecule has 1 unspecified atom stereocenters. The second-order valence-corrected chi connectivity index (χ2v) is 4.96. The van der Waals surface area contributed by atoms with E-state index in [1.807, 2.05) is 19.9 Å². The Labute approximate surface area is 117 Å². The van der Waals surface area contributed by atoms with Gasteiger partial charge >= 0.3 is 0 Å². The topological polar surface area (TPSA) is 29.9 Å². The van der Waals surface area contributed by atoms with Gasteiger partial charge in [-0.1, -0.05) is 29.8 Å². The van der Waals surface area contributed by atoms with Crippen molar-refractivity contribution in [1.29, 1.82) is 0 Å². The molecule has 0 bridgehead atoms. The molecule has 2 aromatic rings. The normalized spacial score (nSPS) is 12.7. The van der Waals surface area contributed by atoms with Crippen LogP contribution < -0.4 is 5.32 Å². The summed E-state index contributed by atoms with van der Waals surface area (Å²) in [6, 6.07) is 6.68. The molecule has 0 aliphatic carbocycles. The van der Waals surface area contributed by atoms with E-state index >= 15 is 0 Å². The molecule has 0 amide bonds. The van der Waals surface area contributed by atoms with Crippen LogP contribution >= 0.6 is 11.6 Å². The molecular weight excluding hydrogens is 265 g/mol. The number of rotatable bonds is 4. The molecular formula is C14H17ClFN3. The number of hydrogen-bond acceptors (Lipinski definition) is 2. The molecule has 1 aromatic heterocycles. The van der Waals surface area contributed by atoms with Crippen molar-refractivity contribution >= 4 is 11.6 Å². The summed E-state index contributed by atoms with van der Waals surface area (Å²) in [6.45, 7) is 4.41. The largest absolute Gasteiger partial charge is 0.306 e. The van der Waals surface area contributed by atoms with Crippen LogP contribution in [0.15, 0.2) is 24.3 Å². The fraction of sp³-hybridized carbons (Fsp3) is 0.357. The van der Waals surface area contributed by atoms with Gasteiger partial charge in [-0.05, 0) is 19.9 Å². The van der Waals surface area contributed by atoms with Gasteiger partial charge in [0.15, 0.2) is 0 Å². The minimum atomic E-state index is -0.198. The predicted octanol–water partition coefficient (Wildman–Crippen LogP) is 3.37. The second-order valence-electron chi connectivity index (χ2n) is 4.60. The maximum atomic E-state index is 13.6. The smallest absolute Gasteiger partial charge is 0.131 e. The van der Waals surface area contributed by atoms with Crippen LogP contribution in [-0.4, -0.2) is 9.78 Å². The highest BCUT2D eigenvalue weighted by atomic mass is 35.5. The van der Waals surface area contributed by atoms with E-state index in [4.69, 9.17) is 11.6 Å². The summed E-state index contributed by atoms with van der Waals surface area (Å²) in [7, 11) is 1.80. The van der Waals surface area contributed by atoms with Gasteiger partial charge in [-0.15, -0.1) is 0 Å². The van der Waals surface area contributed by atoms with Gasteiger partial charge in [-0.25, -0.2) is 4.39 Å². The van der Waals surface area contributed by atoms with Crippen molar-refractivity contribution in [1.82, 2.24) is 15.1 Å². The number of nitrogens with zero attached hydrogens (tertiary/aromatic N) is 2. The Morgan fingerprint density at radius 3 is 2.68 bits per heavy atom. The molecule has 0 saturated heterocycles. The minimum absolute atomic E-state index is 0.0862. The van der Waals surface area contributed by atoms with Gasteiger partial charge in [0.25, 0.3) is 0 Å². The van der Waals surface area contributed by atoms with Gasteiger partial charge in [0.1, 0.15) is 11.0 Å². The molecule has 0 fully saturated rings. The van der Waals surface area contributed by atoms with Crippen LogP contribution in [0.3, 0.4) is 0 Å². The summed E-state index contributed by atoms with van der Waals surface area (Å²) in [4.78, 5) is 0. The summed E-state index contributed by atoms with van der Waals surface area (Å²) in [5, 5.41) is 8.14. The number of benzene rings is 1. The monoisotopic (exact) mass is 281 g/mol. The molecule has 0 saturated carbocycles. The van der Waals surface area contributed by atoms with Crippen molar-refractivity contribution in [3.8, 4) is 0 Å². The van der Waals surface area contributed by atoms with Crippen LogP contribution in [-0.2, 0) is 13.6 Å². The second kappa shape index (κ2) is 5.72. The molecule has 2 rings (SSSR count). The zero-order chi connectivity index (χ0) is 14.0. The van der Waals surface area contributed by atoms with Crippen LogP contribution in [0.1, 0.15) is 29.8 Å². The van der Waals surface area contributed by atoms with Gasteiger partial charge in [0.2, 0.25) is 0 Å². The van der Waals surface area contributed by atoms with Gasteiger partial charge in [-0.3, -0.25) is 4.68 Å². The highest BCUT2D eigenvalue weighted by Crippen LogP contribution is 2.21. The Kier molecular flexibility index (Phi) is 4.22. The maximum absolute atomic E-state index is 13.6. The lowest BCUT2D eigenvalue weighted by Gasteiger charge is -2.15. The van der Waals surface area contributed by atoms with Crippen molar-refractivity contribution in [2.75, 3.05) is 0 Å². The summed E-state index contributed by atoms with van der Waals surface area (Å²) in [6.07, 6.45) is 0. The number of aryl methyl sites for hydroxylation is 2. The van der Waals surface area contributed by atoms with Crippen LogP contribution in [0.25, 0.3) is 0 Å². The van der Waals surface area contributed by atoms with E-state index < -0.39 is 0 Å². The average molecular weight is 282 g/mol. The molecule has 0 spiro atoms. The zero-order valence-electron chi connectivity index (χ0n) is 11.2. The highest BCUT2D eigenvalue weighted by molar-refractivity contribution is 6.30. The van der Waals surface area contributed by atoms with E-state index in [0.717, 1.165) is 11.3 Å². The fourth-order valence-electron chi connectivity index (χ4n) is 2.07. The van der Waals surface area contributed by atoms with Gasteiger partial charge in [0.05, 0.1) is 5.69 Å². The lowest BCUT2D eigenvalue weighted by Crippen LogP contribution is -2.19. The van der Waals surface area contributed by atoms with E-state index in [9.17, 15) is 4.39 Å². The molecule has 3 nitrogen and oxygen atoms in total. The Balaban J connectivity index is 2.09. The maximum Gasteiger partial charge on any atom is 0.131 e. The molecule has 5 heteroatoms. The fourth-order valence-corrected chi connectivity index (χ4v) is 2.31. The minimum Gasteiger partial charge on any atom is -0.306 e. The Morgan fingerprint density at radius 1 is 1.42 bits per heavy atom. The van der Waals surface area contributed by atoms with E-state index in [-0.39, 0.29) is 11.9 Å². The van der Waals surface area contributed by atoms with Crippen molar-refractivity contribution < 1.29 is 4.39 Å². The van der Waals surface area contributed by atoms with E-state index in [0.29, 0.717) is 17.3 Å². The summed E-state index contributed by atoms with van der Waals surface area (Å²) < 4.78 is 15.3. The molecule has 1 atom stereocenters. The Bertz CT molecular complexity index is 580. The molecule has 1 heterocycles. The van der Waals surface area contributed by atoms with Crippen molar-refractivity contribution in [2.45, 2.75) is 26.4 Å². The highest BCUT2D eigenvalue weighted by Gasteiger charge is 2.14. The van der Waals surface area contributed by atoms with Crippen LogP contribution in [0.5, 0.6) is 0 Å². The quantitative estimate of drug-likeness (QED) is 0.931. The van der Waals surface area contributed by atoms with E-state index in [1.165, 1.54) is 6.07 Å². The first-order valence-electron chi connectivity index (χ1n) is 6.16. The van der Waals surface area contributed by atoms with Crippen LogP contribution in [0.2, 0.25) is 5.15 Å². The molecule has 102 valence electrons. The summed E-state index contributed by atoms with van der Waals surface area (Å²) >= 11 is 6.16. The van der Waals surface area contributed by atoms with Crippen molar-refractivity contribution in [3.05, 3.63) is 52.1 Å². The first kappa shape index (κ1) is 14.0. The van der Waals surface area contributed by atoms with Crippen LogP contribution in [0.4, 0.5) is 4.39 Å². The number of hydrogen-bond donors (Lipinski definition) is 1. The summed E-state index contributed by atoms with van der Waals surface area (Å²) in [5.41, 5.74) is 2.49. The van der Waals surface area contributed by atoms with Gasteiger partial charge in [-0.2, -0.15) is 5.10 Å². The van der Waals surface area contributed by atoms with Crippen LogP contribution in [0, 0.1) is 12.7 Å².